The summed E-state index contributed by atoms with van der Waals surface area (Å²) in [5.41, 5.74) is 0. The SMILES string of the molecule is CCC(O)O.CCCCCCCCCCCCCC(=O)O. The first-order valence-electron chi connectivity index (χ1n) is 8.62. The molecule has 0 heterocycles. The summed E-state index contributed by atoms with van der Waals surface area (Å²) in [7, 11) is 0. The molecule has 0 saturated carbocycles. The first-order chi connectivity index (χ1) is 10.0. The van der Waals surface area contributed by atoms with Crippen LogP contribution in [0.2, 0.25) is 0 Å². The molecule has 0 aliphatic heterocycles. The van der Waals surface area contributed by atoms with Crippen molar-refractivity contribution < 1.29 is 20.1 Å². The first-order valence-corrected chi connectivity index (χ1v) is 8.62. The van der Waals surface area contributed by atoms with E-state index in [0.717, 1.165) is 12.8 Å². The number of carboxylic acids is 1. The lowest BCUT2D eigenvalue weighted by molar-refractivity contribution is -0.137. The van der Waals surface area contributed by atoms with E-state index >= 15 is 0 Å². The maximum atomic E-state index is 10.3. The maximum absolute atomic E-state index is 10.3. The van der Waals surface area contributed by atoms with Crippen LogP contribution in [0, 0.1) is 0 Å². The average Bonchev–Trinajstić information content (AvgIpc) is 2.45. The Hall–Kier alpha value is -0.610. The van der Waals surface area contributed by atoms with Gasteiger partial charge in [-0.05, 0) is 12.8 Å². The van der Waals surface area contributed by atoms with Crippen molar-refractivity contribution in [3.05, 3.63) is 0 Å². The van der Waals surface area contributed by atoms with Gasteiger partial charge in [-0.1, -0.05) is 78.1 Å². The molecule has 0 fully saturated rings. The molecule has 0 aliphatic rings. The summed E-state index contributed by atoms with van der Waals surface area (Å²) in [6, 6.07) is 0. The van der Waals surface area contributed by atoms with Gasteiger partial charge >= 0.3 is 5.97 Å². The molecule has 0 aromatic heterocycles. The second-order valence-electron chi connectivity index (χ2n) is 5.57. The molecule has 128 valence electrons. The monoisotopic (exact) mass is 304 g/mol. The molecule has 0 amide bonds. The van der Waals surface area contributed by atoms with Crippen LogP contribution in [-0.2, 0) is 4.79 Å². The summed E-state index contributed by atoms with van der Waals surface area (Å²) < 4.78 is 0. The Morgan fingerprint density at radius 1 is 0.762 bits per heavy atom. The van der Waals surface area contributed by atoms with E-state index in [4.69, 9.17) is 15.3 Å². The van der Waals surface area contributed by atoms with E-state index in [1.54, 1.807) is 6.92 Å². The third kappa shape index (κ3) is 28.3. The van der Waals surface area contributed by atoms with Gasteiger partial charge in [-0.15, -0.1) is 0 Å². The number of rotatable bonds is 13. The summed E-state index contributed by atoms with van der Waals surface area (Å²) in [5, 5.41) is 24.3. The molecule has 3 N–H and O–H groups in total. The Kier molecular flexibility index (Phi) is 20.9. The Labute approximate surface area is 130 Å². The molecule has 21 heavy (non-hydrogen) atoms. The zero-order chi connectivity index (χ0) is 16.3. The minimum atomic E-state index is -1.12. The normalized spacial score (nSPS) is 10.3. The van der Waals surface area contributed by atoms with Crippen LogP contribution in [0.1, 0.15) is 97.3 Å². The number of unbranched alkanes of at least 4 members (excludes halogenated alkanes) is 10. The van der Waals surface area contributed by atoms with Crippen molar-refractivity contribution in [3.8, 4) is 0 Å². The van der Waals surface area contributed by atoms with Gasteiger partial charge in [-0.3, -0.25) is 4.79 Å². The molecule has 0 aromatic carbocycles. The molecule has 4 heteroatoms. The molecule has 0 rings (SSSR count). The van der Waals surface area contributed by atoms with Crippen molar-refractivity contribution in [3.63, 3.8) is 0 Å². The lowest BCUT2D eigenvalue weighted by Crippen LogP contribution is -1.99. The summed E-state index contributed by atoms with van der Waals surface area (Å²) >= 11 is 0. The molecule has 0 unspecified atom stereocenters. The smallest absolute Gasteiger partial charge is 0.303 e. The minimum Gasteiger partial charge on any atom is -0.481 e. The number of aliphatic carboxylic acids is 1. The van der Waals surface area contributed by atoms with E-state index in [0.29, 0.717) is 12.8 Å². The number of carbonyl (C=O) groups is 1. The molecule has 0 aromatic rings. The summed E-state index contributed by atoms with van der Waals surface area (Å²) in [5.74, 6) is -0.657. The molecule has 0 bridgehead atoms. The fourth-order valence-electron chi connectivity index (χ4n) is 1.94. The zero-order valence-corrected chi connectivity index (χ0v) is 14.0. The lowest BCUT2D eigenvalue weighted by Gasteiger charge is -2.01. The molecular weight excluding hydrogens is 268 g/mol. The maximum Gasteiger partial charge on any atom is 0.303 e. The largest absolute Gasteiger partial charge is 0.481 e. The van der Waals surface area contributed by atoms with Crippen LogP contribution in [-0.4, -0.2) is 27.6 Å². The van der Waals surface area contributed by atoms with Gasteiger partial charge in [-0.2, -0.15) is 0 Å². The van der Waals surface area contributed by atoms with Gasteiger partial charge in [0.25, 0.3) is 0 Å². The predicted molar refractivity (Wildman–Crippen MR) is 87.2 cm³/mol. The Bertz CT molecular complexity index is 205. The fourth-order valence-corrected chi connectivity index (χ4v) is 1.94. The van der Waals surface area contributed by atoms with Crippen LogP contribution in [0.25, 0.3) is 0 Å². The Balaban J connectivity index is 0. The quantitative estimate of drug-likeness (QED) is 0.346. The highest BCUT2D eigenvalue weighted by atomic mass is 16.5. The van der Waals surface area contributed by atoms with Crippen LogP contribution in [0.3, 0.4) is 0 Å². The van der Waals surface area contributed by atoms with Gasteiger partial charge in [0.05, 0.1) is 0 Å². The van der Waals surface area contributed by atoms with Crippen LogP contribution >= 0.6 is 0 Å². The highest BCUT2D eigenvalue weighted by Gasteiger charge is 1.96. The van der Waals surface area contributed by atoms with Gasteiger partial charge in [0, 0.05) is 6.42 Å². The number of carboxylic acid groups (broad SMARTS) is 1. The van der Waals surface area contributed by atoms with Gasteiger partial charge in [0.2, 0.25) is 0 Å². The number of aliphatic hydroxyl groups is 2. The van der Waals surface area contributed by atoms with Crippen molar-refractivity contribution in [2.45, 2.75) is 104 Å². The van der Waals surface area contributed by atoms with E-state index in [1.165, 1.54) is 57.8 Å². The molecular formula is C17H36O4. The lowest BCUT2D eigenvalue weighted by atomic mass is 10.1. The second kappa shape index (κ2) is 19.4. The molecule has 4 nitrogen and oxygen atoms in total. The van der Waals surface area contributed by atoms with Crippen LogP contribution in [0.5, 0.6) is 0 Å². The molecule has 0 aliphatic carbocycles. The van der Waals surface area contributed by atoms with Gasteiger partial charge in [0.1, 0.15) is 0 Å². The molecule has 0 radical (unpaired) electrons. The van der Waals surface area contributed by atoms with Crippen molar-refractivity contribution in [1.82, 2.24) is 0 Å². The van der Waals surface area contributed by atoms with Crippen LogP contribution in [0.4, 0.5) is 0 Å². The third-order valence-electron chi connectivity index (χ3n) is 3.36. The minimum absolute atomic E-state index is 0.344. The van der Waals surface area contributed by atoms with Crippen molar-refractivity contribution in [1.29, 1.82) is 0 Å². The van der Waals surface area contributed by atoms with Crippen molar-refractivity contribution in [2.75, 3.05) is 0 Å². The highest BCUT2D eigenvalue weighted by molar-refractivity contribution is 5.66. The van der Waals surface area contributed by atoms with E-state index in [1.807, 2.05) is 0 Å². The molecule has 0 atom stereocenters. The summed E-state index contributed by atoms with van der Waals surface area (Å²) in [4.78, 5) is 10.3. The number of hydrogen-bond donors (Lipinski definition) is 3. The number of hydrogen-bond acceptors (Lipinski definition) is 3. The van der Waals surface area contributed by atoms with E-state index in [-0.39, 0.29) is 0 Å². The highest BCUT2D eigenvalue weighted by Crippen LogP contribution is 2.11. The van der Waals surface area contributed by atoms with Gasteiger partial charge in [0.15, 0.2) is 6.29 Å². The standard InChI is InChI=1S/C14H28O2.C3H8O2/c1-2-3-4-5-6-7-8-9-10-11-12-13-14(15)16;1-2-3(4)5/h2-13H2,1H3,(H,15,16);3-5H,2H2,1H3. The topological polar surface area (TPSA) is 77.8 Å². The Morgan fingerprint density at radius 3 is 1.38 bits per heavy atom. The van der Waals surface area contributed by atoms with Crippen molar-refractivity contribution in [2.24, 2.45) is 0 Å². The summed E-state index contributed by atoms with van der Waals surface area (Å²) in [6.07, 6.45) is 13.7. The Morgan fingerprint density at radius 2 is 1.10 bits per heavy atom. The fraction of sp³-hybridized carbons (Fsp3) is 0.941. The van der Waals surface area contributed by atoms with Gasteiger partial charge < -0.3 is 15.3 Å². The molecule has 0 spiro atoms. The summed E-state index contributed by atoms with van der Waals surface area (Å²) in [6.45, 7) is 3.95. The average molecular weight is 304 g/mol. The van der Waals surface area contributed by atoms with E-state index in [9.17, 15) is 4.79 Å². The van der Waals surface area contributed by atoms with E-state index < -0.39 is 12.3 Å². The van der Waals surface area contributed by atoms with Crippen LogP contribution < -0.4 is 0 Å². The third-order valence-corrected chi connectivity index (χ3v) is 3.36. The zero-order valence-electron chi connectivity index (χ0n) is 14.0. The number of aliphatic hydroxyl groups excluding tert-OH is 1. The first kappa shape index (κ1) is 22.7. The van der Waals surface area contributed by atoms with Crippen LogP contribution in [0.15, 0.2) is 0 Å². The van der Waals surface area contributed by atoms with Crippen molar-refractivity contribution >= 4 is 5.97 Å². The van der Waals surface area contributed by atoms with E-state index in [2.05, 4.69) is 6.92 Å². The predicted octanol–water partition coefficient (Wildman–Crippen LogP) is 4.48. The van der Waals surface area contributed by atoms with Gasteiger partial charge in [-0.25, -0.2) is 0 Å². The second-order valence-corrected chi connectivity index (χ2v) is 5.57. The molecule has 0 saturated heterocycles.